The van der Waals surface area contributed by atoms with Crippen LogP contribution in [0.1, 0.15) is 11.1 Å². The maximum atomic E-state index is 9.22. The highest BCUT2D eigenvalue weighted by Crippen LogP contribution is 2.36. The number of para-hydroxylation sites is 1. The molecular weight excluding hydrogens is 326 g/mol. The highest BCUT2D eigenvalue weighted by Gasteiger charge is 2.18. The fourth-order valence-corrected chi connectivity index (χ4v) is 2.46. The molecule has 0 atom stereocenters. The molecule has 1 aliphatic heterocycles. The molecule has 0 fully saturated rings. The second kappa shape index (κ2) is 7.55. The van der Waals surface area contributed by atoms with E-state index in [0.717, 1.165) is 11.1 Å². The summed E-state index contributed by atoms with van der Waals surface area (Å²) in [5, 5.41) is 12.8. The van der Waals surface area contributed by atoms with Crippen molar-refractivity contribution in [2.75, 3.05) is 0 Å². The summed E-state index contributed by atoms with van der Waals surface area (Å²) in [7, 11) is 0. The van der Waals surface area contributed by atoms with Gasteiger partial charge in [0.1, 0.15) is 11.5 Å². The SMILES string of the molecule is [C-]#[N+]/C(C#N)=C1C=C(/C=C/c2ccc(N=[N+]=[N-])cc2)Oc2ccccc2/1. The Morgan fingerprint density at radius 2 is 1.92 bits per heavy atom. The number of rotatable bonds is 3. The van der Waals surface area contributed by atoms with Crippen molar-refractivity contribution < 1.29 is 4.74 Å². The van der Waals surface area contributed by atoms with Crippen LogP contribution in [0.2, 0.25) is 0 Å². The Morgan fingerprint density at radius 1 is 1.15 bits per heavy atom. The number of nitriles is 1. The van der Waals surface area contributed by atoms with Gasteiger partial charge in [-0.15, -0.1) is 0 Å². The lowest BCUT2D eigenvalue weighted by Gasteiger charge is -2.18. The van der Waals surface area contributed by atoms with E-state index in [0.29, 0.717) is 22.8 Å². The second-order valence-electron chi connectivity index (χ2n) is 5.25. The van der Waals surface area contributed by atoms with Crippen molar-refractivity contribution in [1.29, 1.82) is 5.26 Å². The topological polar surface area (TPSA) is 86.1 Å². The molecule has 0 bridgehead atoms. The van der Waals surface area contributed by atoms with Crippen LogP contribution in [0.3, 0.4) is 0 Å². The van der Waals surface area contributed by atoms with Crippen LogP contribution in [0.15, 0.2) is 77.3 Å². The minimum atomic E-state index is 0.0189. The lowest BCUT2D eigenvalue weighted by Crippen LogP contribution is -2.03. The molecule has 0 saturated heterocycles. The molecule has 0 radical (unpaired) electrons. The minimum Gasteiger partial charge on any atom is -0.457 e. The average molecular weight is 337 g/mol. The van der Waals surface area contributed by atoms with Gasteiger partial charge in [-0.25, -0.2) is 10.1 Å². The lowest BCUT2D eigenvalue weighted by molar-refractivity contribution is 0.439. The van der Waals surface area contributed by atoms with Crippen LogP contribution in [0.25, 0.3) is 26.9 Å². The van der Waals surface area contributed by atoms with Crippen molar-refractivity contribution in [2.24, 2.45) is 5.11 Å². The van der Waals surface area contributed by atoms with Crippen LogP contribution in [0.5, 0.6) is 5.75 Å². The van der Waals surface area contributed by atoms with E-state index in [2.05, 4.69) is 14.9 Å². The average Bonchev–Trinajstić information content (AvgIpc) is 2.68. The molecular formula is C20H11N5O. The largest absolute Gasteiger partial charge is 0.457 e. The summed E-state index contributed by atoms with van der Waals surface area (Å²) in [5.74, 6) is 1.12. The maximum Gasteiger partial charge on any atom is 0.269 e. The van der Waals surface area contributed by atoms with Crippen molar-refractivity contribution >= 4 is 17.3 Å². The van der Waals surface area contributed by atoms with Gasteiger partial charge in [0.15, 0.2) is 0 Å². The van der Waals surface area contributed by atoms with E-state index in [-0.39, 0.29) is 5.70 Å². The summed E-state index contributed by atoms with van der Waals surface area (Å²) in [6.45, 7) is 7.22. The third-order valence-electron chi connectivity index (χ3n) is 3.66. The molecule has 6 heteroatoms. The van der Waals surface area contributed by atoms with Crippen molar-refractivity contribution in [3.05, 3.63) is 105 Å². The first-order chi connectivity index (χ1) is 12.7. The number of allylic oxidation sites excluding steroid dienone is 4. The molecule has 0 saturated carbocycles. The normalized spacial score (nSPS) is 14.2. The summed E-state index contributed by atoms with van der Waals surface area (Å²) >= 11 is 0. The van der Waals surface area contributed by atoms with Gasteiger partial charge in [-0.3, -0.25) is 0 Å². The lowest BCUT2D eigenvalue weighted by atomic mass is 9.99. The molecule has 0 aromatic heterocycles. The van der Waals surface area contributed by atoms with Crippen LogP contribution in [-0.4, -0.2) is 0 Å². The van der Waals surface area contributed by atoms with Gasteiger partial charge in [0.05, 0.1) is 12.6 Å². The number of benzene rings is 2. The summed E-state index contributed by atoms with van der Waals surface area (Å²) < 4.78 is 5.85. The van der Waals surface area contributed by atoms with Gasteiger partial charge in [0, 0.05) is 21.7 Å². The molecule has 6 nitrogen and oxygen atoms in total. The van der Waals surface area contributed by atoms with E-state index in [9.17, 15) is 5.26 Å². The Hall–Kier alpha value is -4.25. The molecule has 0 N–H and O–H groups in total. The van der Waals surface area contributed by atoms with Gasteiger partial charge in [0.25, 0.3) is 5.70 Å². The second-order valence-corrected chi connectivity index (χ2v) is 5.25. The quantitative estimate of drug-likeness (QED) is 0.234. The Morgan fingerprint density at radius 3 is 2.62 bits per heavy atom. The number of fused-ring (bicyclic) bond motifs is 1. The van der Waals surface area contributed by atoms with E-state index >= 15 is 0 Å². The standard InChI is InChI=1S/C20H11N5O/c1-23-19(13-21)18-12-16(26-20-5-3-2-4-17(18)20)11-8-14-6-9-15(10-7-14)24-25-22/h2-12H/b11-8+,19-18-. The molecule has 122 valence electrons. The molecule has 0 aliphatic carbocycles. The summed E-state index contributed by atoms with van der Waals surface area (Å²) in [4.78, 5) is 6.05. The number of hydrogen-bond donors (Lipinski definition) is 0. The first-order valence-corrected chi connectivity index (χ1v) is 7.59. The fourth-order valence-electron chi connectivity index (χ4n) is 2.46. The zero-order chi connectivity index (χ0) is 18.4. The number of azide groups is 1. The molecule has 0 spiro atoms. The van der Waals surface area contributed by atoms with Gasteiger partial charge in [-0.1, -0.05) is 53.7 Å². The van der Waals surface area contributed by atoms with Crippen LogP contribution < -0.4 is 4.74 Å². The third-order valence-corrected chi connectivity index (χ3v) is 3.66. The Balaban J connectivity index is 1.96. The molecule has 0 amide bonds. The highest BCUT2D eigenvalue weighted by atomic mass is 16.5. The van der Waals surface area contributed by atoms with Crippen molar-refractivity contribution in [2.45, 2.75) is 0 Å². The summed E-state index contributed by atoms with van der Waals surface area (Å²) in [5.41, 5.74) is 11.1. The molecule has 0 unspecified atom stereocenters. The van der Waals surface area contributed by atoms with Gasteiger partial charge in [-0.05, 0) is 29.3 Å². The number of hydrogen-bond acceptors (Lipinski definition) is 3. The third kappa shape index (κ3) is 3.47. The predicted molar refractivity (Wildman–Crippen MR) is 98.6 cm³/mol. The Kier molecular flexibility index (Phi) is 4.82. The van der Waals surface area contributed by atoms with Crippen molar-refractivity contribution in [3.8, 4) is 11.8 Å². The smallest absolute Gasteiger partial charge is 0.269 e. The molecule has 26 heavy (non-hydrogen) atoms. The van der Waals surface area contributed by atoms with Crippen molar-refractivity contribution in [1.82, 2.24) is 0 Å². The molecule has 2 aromatic carbocycles. The molecule has 3 rings (SSSR count). The van der Waals surface area contributed by atoms with Gasteiger partial charge < -0.3 is 4.74 Å². The zero-order valence-electron chi connectivity index (χ0n) is 13.5. The summed E-state index contributed by atoms with van der Waals surface area (Å²) in [6, 6.07) is 16.3. The maximum absolute atomic E-state index is 9.22. The Bertz CT molecular complexity index is 1060. The Labute approximate surface area is 150 Å². The molecule has 1 aliphatic rings. The van der Waals surface area contributed by atoms with Crippen LogP contribution in [-0.2, 0) is 0 Å². The first-order valence-electron chi connectivity index (χ1n) is 7.59. The van der Waals surface area contributed by atoms with E-state index < -0.39 is 0 Å². The van der Waals surface area contributed by atoms with Crippen LogP contribution in [0.4, 0.5) is 5.69 Å². The van der Waals surface area contributed by atoms with E-state index in [1.165, 1.54) is 0 Å². The summed E-state index contributed by atoms with van der Waals surface area (Å²) in [6.07, 6.45) is 5.28. The molecule has 2 aromatic rings. The van der Waals surface area contributed by atoms with Crippen LogP contribution >= 0.6 is 0 Å². The zero-order valence-corrected chi connectivity index (χ0v) is 13.5. The van der Waals surface area contributed by atoms with Gasteiger partial charge >= 0.3 is 0 Å². The number of nitrogens with zero attached hydrogens (tertiary/aromatic N) is 5. The van der Waals surface area contributed by atoms with E-state index in [1.54, 1.807) is 30.4 Å². The predicted octanol–water partition coefficient (Wildman–Crippen LogP) is 5.77. The van der Waals surface area contributed by atoms with E-state index in [4.69, 9.17) is 16.8 Å². The van der Waals surface area contributed by atoms with Crippen molar-refractivity contribution in [3.63, 3.8) is 0 Å². The van der Waals surface area contributed by atoms with Gasteiger partial charge in [-0.2, -0.15) is 0 Å². The fraction of sp³-hybridized carbons (Fsp3) is 0. The van der Waals surface area contributed by atoms with Crippen LogP contribution in [0, 0.1) is 17.9 Å². The number of ether oxygens (including phenoxy) is 1. The monoisotopic (exact) mass is 337 g/mol. The highest BCUT2D eigenvalue weighted by molar-refractivity contribution is 5.85. The minimum absolute atomic E-state index is 0.0189. The first kappa shape index (κ1) is 16.6. The van der Waals surface area contributed by atoms with E-state index in [1.807, 2.05) is 42.5 Å². The van der Waals surface area contributed by atoms with Gasteiger partial charge in [0.2, 0.25) is 0 Å². The molecule has 1 heterocycles.